The maximum absolute atomic E-state index is 12.7. The Morgan fingerprint density at radius 2 is 0.631 bits per heavy atom. The van der Waals surface area contributed by atoms with Crippen LogP contribution in [0, 0.1) is 0 Å². The fraction of sp³-hybridized carbons (Fsp3) is 0.712. The van der Waals surface area contributed by atoms with Gasteiger partial charge in [0.2, 0.25) is 0 Å². The molecule has 0 fully saturated rings. The molecule has 0 radical (unpaired) electrons. The third-order valence-corrected chi connectivity index (χ3v) is 11.5. The molecule has 6 nitrogen and oxygen atoms in total. The Labute approximate surface area is 401 Å². The molecule has 0 aromatic heterocycles. The van der Waals surface area contributed by atoms with Crippen LogP contribution in [0.1, 0.15) is 252 Å². The number of carbonyl (C=O) groups is 3. The van der Waals surface area contributed by atoms with E-state index in [1.54, 1.807) is 12.2 Å². The number of esters is 3. The largest absolute Gasteiger partial charge is 0.462 e. The van der Waals surface area contributed by atoms with Gasteiger partial charge in [-0.15, -0.1) is 0 Å². The van der Waals surface area contributed by atoms with Crippen molar-refractivity contribution in [2.45, 2.75) is 258 Å². The number of unbranched alkanes of at least 4 members (excludes halogenated alkanes) is 29. The van der Waals surface area contributed by atoms with Crippen LogP contribution in [0.4, 0.5) is 0 Å². The zero-order chi connectivity index (χ0) is 47.2. The summed E-state index contributed by atoms with van der Waals surface area (Å²) < 4.78 is 16.6. The van der Waals surface area contributed by atoms with Gasteiger partial charge in [-0.05, 0) is 77.0 Å². The maximum Gasteiger partial charge on any atom is 0.331 e. The molecule has 6 heteroatoms. The lowest BCUT2D eigenvalue weighted by Crippen LogP contribution is -2.30. The Kier molecular flexibility index (Phi) is 50.4. The van der Waals surface area contributed by atoms with Crippen molar-refractivity contribution in [1.29, 1.82) is 0 Å². The van der Waals surface area contributed by atoms with Crippen LogP contribution in [0.2, 0.25) is 0 Å². The van der Waals surface area contributed by atoms with Crippen molar-refractivity contribution in [3.05, 3.63) is 85.1 Å². The number of rotatable bonds is 48. The van der Waals surface area contributed by atoms with Gasteiger partial charge in [-0.1, -0.05) is 241 Å². The summed E-state index contributed by atoms with van der Waals surface area (Å²) in [5.41, 5.74) is 0. The van der Waals surface area contributed by atoms with Gasteiger partial charge in [-0.2, -0.15) is 0 Å². The maximum atomic E-state index is 12.7. The fourth-order valence-corrected chi connectivity index (χ4v) is 7.43. The molecule has 0 heterocycles. The highest BCUT2D eigenvalue weighted by Crippen LogP contribution is 2.13. The Balaban J connectivity index is 4.60. The minimum Gasteiger partial charge on any atom is -0.462 e. The molecule has 372 valence electrons. The average Bonchev–Trinajstić information content (AvgIpc) is 3.30. The van der Waals surface area contributed by atoms with Crippen LogP contribution in [0.15, 0.2) is 85.1 Å². The quantitative estimate of drug-likeness (QED) is 0.0151. The Bertz CT molecular complexity index is 1210. The molecule has 0 aromatic carbocycles. The lowest BCUT2D eigenvalue weighted by molar-refractivity contribution is -0.163. The van der Waals surface area contributed by atoms with Crippen LogP contribution < -0.4 is 0 Å². The van der Waals surface area contributed by atoms with E-state index < -0.39 is 12.1 Å². The highest BCUT2D eigenvalue weighted by molar-refractivity contribution is 5.82. The molecule has 0 amide bonds. The Morgan fingerprint density at radius 1 is 0.338 bits per heavy atom. The third kappa shape index (κ3) is 51.4. The first-order valence-electron chi connectivity index (χ1n) is 27.2. The summed E-state index contributed by atoms with van der Waals surface area (Å²) >= 11 is 0. The minimum absolute atomic E-state index is 0.150. The molecule has 0 spiro atoms. The van der Waals surface area contributed by atoms with Crippen LogP contribution >= 0.6 is 0 Å². The predicted octanol–water partition coefficient (Wildman–Crippen LogP) is 18.0. The topological polar surface area (TPSA) is 78.9 Å². The van der Waals surface area contributed by atoms with Gasteiger partial charge in [-0.25, -0.2) is 4.79 Å². The summed E-state index contributed by atoms with van der Waals surface area (Å²) in [5, 5.41) is 0. The predicted molar refractivity (Wildman–Crippen MR) is 279 cm³/mol. The average molecular weight is 905 g/mol. The molecule has 0 saturated heterocycles. The Morgan fingerprint density at radius 3 is 1.00 bits per heavy atom. The smallest absolute Gasteiger partial charge is 0.331 e. The van der Waals surface area contributed by atoms with E-state index in [4.69, 9.17) is 14.2 Å². The van der Waals surface area contributed by atoms with E-state index in [1.165, 1.54) is 154 Å². The van der Waals surface area contributed by atoms with Crippen molar-refractivity contribution in [3.8, 4) is 0 Å². The van der Waals surface area contributed by atoms with Gasteiger partial charge in [0, 0.05) is 18.9 Å². The van der Waals surface area contributed by atoms with Crippen LogP contribution in [0.25, 0.3) is 0 Å². The first-order valence-corrected chi connectivity index (χ1v) is 27.2. The summed E-state index contributed by atoms with van der Waals surface area (Å²) in [7, 11) is 0. The highest BCUT2D eigenvalue weighted by atomic mass is 16.6. The first kappa shape index (κ1) is 61.6. The molecule has 0 aliphatic carbocycles. The normalized spacial score (nSPS) is 12.3. The van der Waals surface area contributed by atoms with Crippen LogP contribution in [0.5, 0.6) is 0 Å². The lowest BCUT2D eigenvalue weighted by atomic mass is 10.1. The van der Waals surface area contributed by atoms with Crippen molar-refractivity contribution in [1.82, 2.24) is 0 Å². The van der Waals surface area contributed by atoms with E-state index in [1.807, 2.05) is 30.4 Å². The number of hydrogen-bond acceptors (Lipinski definition) is 6. The molecular formula is C59H100O6. The van der Waals surface area contributed by atoms with Gasteiger partial charge in [0.05, 0.1) is 0 Å². The number of carbonyl (C=O) groups excluding carboxylic acids is 3. The van der Waals surface area contributed by atoms with E-state index in [-0.39, 0.29) is 25.2 Å². The minimum atomic E-state index is -0.879. The first-order chi connectivity index (χ1) is 32.0. The van der Waals surface area contributed by atoms with E-state index in [2.05, 4.69) is 57.2 Å². The molecule has 0 saturated carbocycles. The summed E-state index contributed by atoms with van der Waals surface area (Å²) in [6, 6.07) is 0. The summed E-state index contributed by atoms with van der Waals surface area (Å²) in [6.45, 7) is 6.47. The van der Waals surface area contributed by atoms with Gasteiger partial charge in [0.1, 0.15) is 13.2 Å². The molecule has 0 atom stereocenters. The molecule has 0 aliphatic heterocycles. The van der Waals surface area contributed by atoms with Crippen molar-refractivity contribution in [2.24, 2.45) is 0 Å². The molecule has 0 aromatic rings. The van der Waals surface area contributed by atoms with Gasteiger partial charge in [0.25, 0.3) is 0 Å². The molecule has 0 N–H and O–H groups in total. The lowest BCUT2D eigenvalue weighted by Gasteiger charge is -2.17. The van der Waals surface area contributed by atoms with Gasteiger partial charge < -0.3 is 14.2 Å². The number of allylic oxidation sites excluding steroid dienone is 13. The van der Waals surface area contributed by atoms with Crippen molar-refractivity contribution >= 4 is 17.9 Å². The highest BCUT2D eigenvalue weighted by Gasteiger charge is 2.18. The number of ether oxygens (including phenoxy) is 3. The van der Waals surface area contributed by atoms with Crippen molar-refractivity contribution in [3.63, 3.8) is 0 Å². The van der Waals surface area contributed by atoms with Crippen LogP contribution in [0.3, 0.4) is 0 Å². The van der Waals surface area contributed by atoms with E-state index in [0.717, 1.165) is 70.6 Å². The third-order valence-electron chi connectivity index (χ3n) is 11.5. The van der Waals surface area contributed by atoms with Crippen molar-refractivity contribution in [2.75, 3.05) is 13.2 Å². The summed E-state index contributed by atoms with van der Waals surface area (Å²) in [4.78, 5) is 37.9. The second-order valence-electron chi connectivity index (χ2n) is 17.9. The van der Waals surface area contributed by atoms with Gasteiger partial charge >= 0.3 is 17.9 Å². The zero-order valence-corrected chi connectivity index (χ0v) is 42.5. The van der Waals surface area contributed by atoms with Crippen molar-refractivity contribution < 1.29 is 28.6 Å². The monoisotopic (exact) mass is 905 g/mol. The van der Waals surface area contributed by atoms with Gasteiger partial charge in [-0.3, -0.25) is 9.59 Å². The molecular weight excluding hydrogens is 805 g/mol. The fourth-order valence-electron chi connectivity index (χ4n) is 7.43. The van der Waals surface area contributed by atoms with E-state index in [9.17, 15) is 14.4 Å². The summed E-state index contributed by atoms with van der Waals surface area (Å²) in [6.07, 6.45) is 69.1. The Hall–Kier alpha value is -3.41. The van der Waals surface area contributed by atoms with E-state index in [0.29, 0.717) is 12.8 Å². The molecule has 0 aliphatic rings. The summed E-state index contributed by atoms with van der Waals surface area (Å²) in [5.74, 6) is -1.24. The van der Waals surface area contributed by atoms with Gasteiger partial charge in [0.15, 0.2) is 6.10 Å². The number of hydrogen-bond donors (Lipinski definition) is 0. The molecule has 0 bridgehead atoms. The molecule has 0 unspecified atom stereocenters. The second-order valence-corrected chi connectivity index (χ2v) is 17.9. The van der Waals surface area contributed by atoms with E-state index >= 15 is 0 Å². The standard InChI is InChI=1S/C59H100O6/c1-4-7-10-13-16-19-22-25-28-29-32-35-38-41-44-47-50-53-59(62)65-56(54-63-57(60)51-48-45-42-39-36-33-30-26-23-20-17-14-11-8-5-2)55-64-58(61)52-49-46-43-40-37-34-31-27-24-21-18-15-12-9-6-3/h26-32,35,38,41,44,47,50,53,56H,4-25,33-34,36-37,39-40,42-43,45-46,48-49,51-52,54-55H2,1-3H3/b29-28+,30-26-,31-27-,35-32+,41-38+,47-44+,53-50+. The SMILES string of the molecule is CCCCCCCC/C=C\CCCCCCCC(=O)OCC(COC(=O)CCCCCCC/C=C\CCCCCCCC)OC(=O)/C=C/C=C/C=C/C=C/C=C/CCCCCCCCC. The zero-order valence-electron chi connectivity index (χ0n) is 42.5. The van der Waals surface area contributed by atoms with Crippen LogP contribution in [-0.4, -0.2) is 37.2 Å². The second kappa shape index (κ2) is 53.2. The molecule has 65 heavy (non-hydrogen) atoms. The molecule has 0 rings (SSSR count). The van der Waals surface area contributed by atoms with Crippen LogP contribution in [-0.2, 0) is 28.6 Å².